The maximum atomic E-state index is 12.0. The maximum Gasteiger partial charge on any atom is 0.319 e. The van der Waals surface area contributed by atoms with E-state index in [0.29, 0.717) is 6.54 Å². The lowest BCUT2D eigenvalue weighted by Gasteiger charge is -2.15. The van der Waals surface area contributed by atoms with Crippen LogP contribution >= 0.6 is 0 Å². The summed E-state index contributed by atoms with van der Waals surface area (Å²) in [6.07, 6.45) is 0. The minimum Gasteiger partial charge on any atom is -0.331 e. The zero-order valence-corrected chi connectivity index (χ0v) is 12.4. The molecule has 0 saturated carbocycles. The van der Waals surface area contributed by atoms with Crippen LogP contribution in [0.5, 0.6) is 0 Å². The summed E-state index contributed by atoms with van der Waals surface area (Å²) in [6, 6.07) is 15.4. The van der Waals surface area contributed by atoms with Gasteiger partial charge >= 0.3 is 6.03 Å². The molecule has 2 aromatic carbocycles. The Hall–Kier alpha value is -2.33. The fraction of sp³-hybridized carbons (Fsp3) is 0.235. The first-order valence-corrected chi connectivity index (χ1v) is 7.01. The van der Waals surface area contributed by atoms with E-state index in [-0.39, 0.29) is 12.1 Å². The molecule has 2 amide bonds. The number of urea groups is 1. The van der Waals surface area contributed by atoms with E-state index in [1.54, 1.807) is 0 Å². The second-order valence-electron chi connectivity index (χ2n) is 5.14. The zero-order chi connectivity index (χ0) is 15.2. The van der Waals surface area contributed by atoms with E-state index in [1.165, 1.54) is 0 Å². The van der Waals surface area contributed by atoms with Crippen molar-refractivity contribution >= 4 is 11.7 Å². The first-order valence-electron chi connectivity index (χ1n) is 7.01. The molecule has 21 heavy (non-hydrogen) atoms. The highest BCUT2D eigenvalue weighted by atomic mass is 16.2. The third-order valence-corrected chi connectivity index (χ3v) is 3.34. The Morgan fingerprint density at radius 3 is 2.52 bits per heavy atom. The molecular formula is C17H21N3O. The molecule has 1 unspecified atom stereocenters. The monoisotopic (exact) mass is 283 g/mol. The van der Waals surface area contributed by atoms with E-state index >= 15 is 0 Å². The lowest BCUT2D eigenvalue weighted by Crippen LogP contribution is -2.31. The number of amides is 2. The number of hydrogen-bond donors (Lipinski definition) is 3. The lowest BCUT2D eigenvalue weighted by molar-refractivity contribution is 0.249. The number of aryl methyl sites for hydroxylation is 1. The van der Waals surface area contributed by atoms with Crippen LogP contribution in [0.4, 0.5) is 10.5 Å². The molecule has 0 bridgehead atoms. The minimum atomic E-state index is -0.212. The molecule has 2 aromatic rings. The first kappa shape index (κ1) is 15.1. The molecule has 0 aliphatic rings. The van der Waals surface area contributed by atoms with E-state index in [9.17, 15) is 4.79 Å². The van der Waals surface area contributed by atoms with Gasteiger partial charge in [-0.3, -0.25) is 0 Å². The number of carbonyl (C=O) groups excluding carboxylic acids is 1. The summed E-state index contributed by atoms with van der Waals surface area (Å²) >= 11 is 0. The Kier molecular flexibility index (Phi) is 4.95. The van der Waals surface area contributed by atoms with Crippen LogP contribution < -0.4 is 16.4 Å². The Balaban J connectivity index is 1.95. The van der Waals surface area contributed by atoms with Crippen LogP contribution in [-0.2, 0) is 6.54 Å². The summed E-state index contributed by atoms with van der Waals surface area (Å²) in [7, 11) is 0. The summed E-state index contributed by atoms with van der Waals surface area (Å²) in [4.78, 5) is 12.0. The van der Waals surface area contributed by atoms with Crippen LogP contribution in [0.2, 0.25) is 0 Å². The second-order valence-corrected chi connectivity index (χ2v) is 5.14. The van der Waals surface area contributed by atoms with Crippen LogP contribution in [0.25, 0.3) is 0 Å². The average Bonchev–Trinajstić information content (AvgIpc) is 2.47. The Morgan fingerprint density at radius 2 is 1.90 bits per heavy atom. The van der Waals surface area contributed by atoms with E-state index < -0.39 is 0 Å². The third kappa shape index (κ3) is 4.33. The third-order valence-electron chi connectivity index (χ3n) is 3.34. The van der Waals surface area contributed by atoms with Gasteiger partial charge in [0.2, 0.25) is 0 Å². The average molecular weight is 283 g/mol. The van der Waals surface area contributed by atoms with Gasteiger partial charge in [-0.1, -0.05) is 36.4 Å². The quantitative estimate of drug-likeness (QED) is 0.805. The van der Waals surface area contributed by atoms with Gasteiger partial charge in [0, 0.05) is 12.2 Å². The van der Waals surface area contributed by atoms with Gasteiger partial charge in [-0.2, -0.15) is 0 Å². The molecule has 0 heterocycles. The molecule has 4 N–H and O–H groups in total. The molecule has 0 aliphatic carbocycles. The van der Waals surface area contributed by atoms with Crippen LogP contribution in [0.3, 0.4) is 0 Å². The number of hydrogen-bond acceptors (Lipinski definition) is 2. The van der Waals surface area contributed by atoms with Gasteiger partial charge in [-0.15, -0.1) is 0 Å². The van der Waals surface area contributed by atoms with Gasteiger partial charge in [0.05, 0.1) is 6.04 Å². The highest BCUT2D eigenvalue weighted by Crippen LogP contribution is 2.14. The van der Waals surface area contributed by atoms with Crippen molar-refractivity contribution in [2.75, 3.05) is 5.32 Å². The van der Waals surface area contributed by atoms with Gasteiger partial charge in [-0.25, -0.2) is 4.79 Å². The molecule has 4 nitrogen and oxygen atoms in total. The number of anilines is 1. The Labute approximate surface area is 125 Å². The van der Waals surface area contributed by atoms with Crippen molar-refractivity contribution in [1.29, 1.82) is 0 Å². The smallest absolute Gasteiger partial charge is 0.319 e. The Bertz CT molecular complexity index is 608. The van der Waals surface area contributed by atoms with Gasteiger partial charge in [0.25, 0.3) is 0 Å². The summed E-state index contributed by atoms with van der Waals surface area (Å²) < 4.78 is 0. The van der Waals surface area contributed by atoms with E-state index in [1.807, 2.05) is 62.4 Å². The molecule has 0 fully saturated rings. The molecule has 0 aromatic heterocycles. The highest BCUT2D eigenvalue weighted by molar-refractivity contribution is 5.89. The summed E-state index contributed by atoms with van der Waals surface area (Å²) in [6.45, 7) is 4.47. The number of benzene rings is 2. The molecule has 110 valence electrons. The van der Waals surface area contributed by atoms with Crippen molar-refractivity contribution in [3.05, 3.63) is 65.2 Å². The normalized spacial score (nSPS) is 11.8. The van der Waals surface area contributed by atoms with E-state index in [4.69, 9.17) is 5.73 Å². The fourth-order valence-electron chi connectivity index (χ4n) is 2.11. The minimum absolute atomic E-state index is 0.0679. The molecule has 2 rings (SSSR count). The van der Waals surface area contributed by atoms with Gasteiger partial charge < -0.3 is 16.4 Å². The van der Waals surface area contributed by atoms with Crippen molar-refractivity contribution in [2.45, 2.75) is 26.4 Å². The number of carbonyl (C=O) groups is 1. The lowest BCUT2D eigenvalue weighted by atomic mass is 10.1. The highest BCUT2D eigenvalue weighted by Gasteiger charge is 2.09. The summed E-state index contributed by atoms with van der Waals surface area (Å²) in [5.41, 5.74) is 9.60. The zero-order valence-electron chi connectivity index (χ0n) is 12.4. The first-order chi connectivity index (χ1) is 10.1. The number of nitrogens with two attached hydrogens (primary N) is 1. The maximum absolute atomic E-state index is 12.0. The number of nitrogens with one attached hydrogen (secondary N) is 2. The van der Waals surface area contributed by atoms with Crippen LogP contribution in [0.15, 0.2) is 48.5 Å². The van der Waals surface area contributed by atoms with Crippen LogP contribution in [0.1, 0.15) is 29.7 Å². The SMILES string of the molecule is Cc1cccc(NC(=O)NC(C)c2ccc(CN)cc2)c1. The van der Waals surface area contributed by atoms with Gasteiger partial charge in [0.15, 0.2) is 0 Å². The van der Waals surface area contributed by atoms with E-state index in [2.05, 4.69) is 10.6 Å². The standard InChI is InChI=1S/C17H21N3O/c1-12-4-3-5-16(10-12)20-17(21)19-13(2)15-8-6-14(11-18)7-9-15/h3-10,13H,11,18H2,1-2H3,(H2,19,20,21). The predicted octanol–water partition coefficient (Wildman–Crippen LogP) is 3.34. The largest absolute Gasteiger partial charge is 0.331 e. The van der Waals surface area contributed by atoms with Crippen LogP contribution in [0, 0.1) is 6.92 Å². The molecule has 0 aliphatic heterocycles. The van der Waals surface area contributed by atoms with Gasteiger partial charge in [-0.05, 0) is 42.7 Å². The number of rotatable bonds is 4. The predicted molar refractivity (Wildman–Crippen MR) is 86.1 cm³/mol. The van der Waals surface area contributed by atoms with Crippen molar-refractivity contribution in [2.24, 2.45) is 5.73 Å². The molecule has 0 radical (unpaired) electrons. The van der Waals surface area contributed by atoms with Crippen molar-refractivity contribution < 1.29 is 4.79 Å². The van der Waals surface area contributed by atoms with Crippen LogP contribution in [-0.4, -0.2) is 6.03 Å². The van der Waals surface area contributed by atoms with Crippen molar-refractivity contribution in [3.8, 4) is 0 Å². The fourth-order valence-corrected chi connectivity index (χ4v) is 2.11. The molecular weight excluding hydrogens is 262 g/mol. The molecule has 1 atom stereocenters. The second kappa shape index (κ2) is 6.90. The van der Waals surface area contributed by atoms with Crippen molar-refractivity contribution in [3.63, 3.8) is 0 Å². The molecule has 0 spiro atoms. The van der Waals surface area contributed by atoms with E-state index in [0.717, 1.165) is 22.4 Å². The summed E-state index contributed by atoms with van der Waals surface area (Å²) in [5, 5.41) is 5.76. The molecule has 4 heteroatoms. The van der Waals surface area contributed by atoms with Crippen molar-refractivity contribution in [1.82, 2.24) is 5.32 Å². The topological polar surface area (TPSA) is 67.2 Å². The molecule has 0 saturated heterocycles. The van der Waals surface area contributed by atoms with Gasteiger partial charge in [0.1, 0.15) is 0 Å². The summed E-state index contributed by atoms with van der Waals surface area (Å²) in [5.74, 6) is 0. The Morgan fingerprint density at radius 1 is 1.19 bits per heavy atom.